The summed E-state index contributed by atoms with van der Waals surface area (Å²) in [5.41, 5.74) is 1.31. The van der Waals surface area contributed by atoms with Gasteiger partial charge in [-0.3, -0.25) is 4.79 Å². The van der Waals surface area contributed by atoms with Gasteiger partial charge in [-0.1, -0.05) is 25.2 Å². The third kappa shape index (κ3) is 4.30. The number of aromatic nitrogens is 1. The number of aliphatic hydroxyl groups is 1. The zero-order chi connectivity index (χ0) is 15.1. The lowest BCUT2D eigenvalue weighted by Gasteiger charge is -2.14. The van der Waals surface area contributed by atoms with E-state index in [1.807, 2.05) is 0 Å². The highest BCUT2D eigenvalue weighted by atomic mass is 16.2. The molecule has 1 fully saturated rings. The molecule has 21 heavy (non-hydrogen) atoms. The quantitative estimate of drug-likeness (QED) is 0.787. The number of amides is 1. The minimum atomic E-state index is -0.161. The molecule has 4 nitrogen and oxygen atoms in total. The molecule has 1 saturated carbocycles. The molecule has 1 aliphatic rings. The normalized spacial score (nSPS) is 15.0. The average Bonchev–Trinajstić information content (AvgIpc) is 3.26. The summed E-state index contributed by atoms with van der Waals surface area (Å²) >= 11 is 0. The van der Waals surface area contributed by atoms with Crippen LogP contribution in [0.5, 0.6) is 0 Å². The highest BCUT2D eigenvalue weighted by Gasteiger charge is 2.41. The molecule has 2 N–H and O–H groups in total. The van der Waals surface area contributed by atoms with Crippen LogP contribution in [0.4, 0.5) is 0 Å². The van der Waals surface area contributed by atoms with Crippen molar-refractivity contribution in [3.05, 3.63) is 29.6 Å². The first-order chi connectivity index (χ1) is 10.2. The van der Waals surface area contributed by atoms with E-state index in [1.165, 1.54) is 19.3 Å². The maximum atomic E-state index is 12.3. The molecule has 1 aromatic heterocycles. The van der Waals surface area contributed by atoms with Gasteiger partial charge in [0.05, 0.1) is 12.2 Å². The number of aliphatic hydroxyl groups excluding tert-OH is 1. The highest BCUT2D eigenvalue weighted by molar-refractivity contribution is 5.94. The van der Waals surface area contributed by atoms with Crippen LogP contribution in [0.2, 0.25) is 0 Å². The molecule has 0 unspecified atom stereocenters. The topological polar surface area (TPSA) is 62.2 Å². The van der Waals surface area contributed by atoms with Crippen molar-refractivity contribution in [3.63, 3.8) is 0 Å². The number of hydrogen-bond acceptors (Lipinski definition) is 3. The summed E-state index contributed by atoms with van der Waals surface area (Å²) in [5, 5.41) is 11.8. The van der Waals surface area contributed by atoms with E-state index in [1.54, 1.807) is 18.3 Å². The Hall–Kier alpha value is -1.86. The third-order valence-electron chi connectivity index (χ3n) is 3.84. The van der Waals surface area contributed by atoms with Gasteiger partial charge in [-0.05, 0) is 36.8 Å². The van der Waals surface area contributed by atoms with Gasteiger partial charge in [0.25, 0.3) is 5.91 Å². The number of rotatable bonds is 6. The van der Waals surface area contributed by atoms with Crippen LogP contribution < -0.4 is 5.32 Å². The van der Waals surface area contributed by atoms with Gasteiger partial charge in [0.2, 0.25) is 0 Å². The van der Waals surface area contributed by atoms with Gasteiger partial charge >= 0.3 is 0 Å². The van der Waals surface area contributed by atoms with Gasteiger partial charge in [0.15, 0.2) is 0 Å². The Morgan fingerprint density at radius 2 is 2.33 bits per heavy atom. The SMILES string of the molecule is CCCC1(CNC(=O)c2ncccc2C#CCCO)CC1. The first kappa shape index (κ1) is 15.5. The van der Waals surface area contributed by atoms with Crippen LogP contribution in [-0.2, 0) is 0 Å². The van der Waals surface area contributed by atoms with E-state index in [0.717, 1.165) is 13.0 Å². The zero-order valence-electron chi connectivity index (χ0n) is 12.5. The lowest BCUT2D eigenvalue weighted by molar-refractivity contribution is 0.0938. The summed E-state index contributed by atoms with van der Waals surface area (Å²) in [7, 11) is 0. The lowest BCUT2D eigenvalue weighted by atomic mass is 10.0. The molecule has 1 amide bonds. The van der Waals surface area contributed by atoms with E-state index in [-0.39, 0.29) is 12.5 Å². The molecular weight excluding hydrogens is 264 g/mol. The highest BCUT2D eigenvalue weighted by Crippen LogP contribution is 2.48. The van der Waals surface area contributed by atoms with Crippen molar-refractivity contribution in [1.82, 2.24) is 10.3 Å². The van der Waals surface area contributed by atoms with E-state index in [2.05, 4.69) is 29.1 Å². The van der Waals surface area contributed by atoms with E-state index in [0.29, 0.717) is 23.1 Å². The van der Waals surface area contributed by atoms with E-state index in [9.17, 15) is 4.79 Å². The van der Waals surface area contributed by atoms with Gasteiger partial charge in [-0.25, -0.2) is 4.98 Å². The van der Waals surface area contributed by atoms with Crippen molar-refractivity contribution in [2.75, 3.05) is 13.2 Å². The number of carbonyl (C=O) groups excluding carboxylic acids is 1. The van der Waals surface area contributed by atoms with Gasteiger partial charge in [0.1, 0.15) is 5.69 Å². The molecule has 0 aromatic carbocycles. The largest absolute Gasteiger partial charge is 0.395 e. The van der Waals surface area contributed by atoms with Crippen LogP contribution in [0.1, 0.15) is 55.1 Å². The standard InChI is InChI=1S/C17H22N2O2/c1-2-8-17(9-10-17)13-19-16(21)15-14(6-3-4-12-20)7-5-11-18-15/h5,7,11,20H,2,4,8-10,12-13H2,1H3,(H,19,21). The summed E-state index contributed by atoms with van der Waals surface area (Å²) in [5.74, 6) is 5.57. The molecule has 2 rings (SSSR count). The first-order valence-electron chi connectivity index (χ1n) is 7.54. The van der Waals surface area contributed by atoms with Crippen LogP contribution in [0.3, 0.4) is 0 Å². The average molecular weight is 286 g/mol. The smallest absolute Gasteiger partial charge is 0.271 e. The van der Waals surface area contributed by atoms with Crippen LogP contribution in [0, 0.1) is 17.3 Å². The van der Waals surface area contributed by atoms with E-state index < -0.39 is 0 Å². The van der Waals surface area contributed by atoms with Crippen molar-refractivity contribution in [1.29, 1.82) is 0 Å². The maximum absolute atomic E-state index is 12.3. The molecule has 1 heterocycles. The molecule has 0 radical (unpaired) electrons. The second kappa shape index (κ2) is 7.24. The number of hydrogen-bond donors (Lipinski definition) is 2. The van der Waals surface area contributed by atoms with Gasteiger partial charge in [0, 0.05) is 19.2 Å². The Bertz CT molecular complexity index is 553. The summed E-state index contributed by atoms with van der Waals surface area (Å²) in [4.78, 5) is 16.4. The molecule has 112 valence electrons. The Morgan fingerprint density at radius 1 is 1.52 bits per heavy atom. The molecule has 4 heteroatoms. The Kier molecular flexibility index (Phi) is 5.35. The fourth-order valence-electron chi connectivity index (χ4n) is 2.47. The van der Waals surface area contributed by atoms with Crippen LogP contribution in [0.25, 0.3) is 0 Å². The minimum Gasteiger partial charge on any atom is -0.395 e. The Balaban J connectivity index is 2.01. The molecule has 0 saturated heterocycles. The summed E-state index contributed by atoms with van der Waals surface area (Å²) < 4.78 is 0. The van der Waals surface area contributed by atoms with Crippen LogP contribution in [0.15, 0.2) is 18.3 Å². The molecule has 0 aliphatic heterocycles. The van der Waals surface area contributed by atoms with Crippen molar-refractivity contribution in [2.24, 2.45) is 5.41 Å². The van der Waals surface area contributed by atoms with Gasteiger partial charge < -0.3 is 10.4 Å². The Morgan fingerprint density at radius 3 is 3.00 bits per heavy atom. The third-order valence-corrected chi connectivity index (χ3v) is 3.84. The van der Waals surface area contributed by atoms with Crippen molar-refractivity contribution < 1.29 is 9.90 Å². The predicted molar refractivity (Wildman–Crippen MR) is 81.7 cm³/mol. The summed E-state index contributed by atoms with van der Waals surface area (Å²) in [6, 6.07) is 3.55. The number of nitrogens with one attached hydrogen (secondary N) is 1. The van der Waals surface area contributed by atoms with Gasteiger partial charge in [-0.15, -0.1) is 0 Å². The minimum absolute atomic E-state index is 0.0222. The molecule has 1 aliphatic carbocycles. The van der Waals surface area contributed by atoms with Crippen LogP contribution in [-0.4, -0.2) is 29.1 Å². The Labute approximate surface area is 126 Å². The zero-order valence-corrected chi connectivity index (χ0v) is 12.5. The van der Waals surface area contributed by atoms with Gasteiger partial charge in [-0.2, -0.15) is 0 Å². The fourth-order valence-corrected chi connectivity index (χ4v) is 2.47. The van der Waals surface area contributed by atoms with Crippen molar-refractivity contribution in [3.8, 4) is 11.8 Å². The summed E-state index contributed by atoms with van der Waals surface area (Å²) in [6.45, 7) is 2.92. The molecular formula is C17H22N2O2. The predicted octanol–water partition coefficient (Wildman–Crippen LogP) is 2.13. The second-order valence-corrected chi connectivity index (χ2v) is 5.61. The second-order valence-electron chi connectivity index (χ2n) is 5.61. The number of pyridine rings is 1. The summed E-state index contributed by atoms with van der Waals surface area (Å²) in [6.07, 6.45) is 6.72. The number of carbonyl (C=O) groups is 1. The molecule has 1 aromatic rings. The first-order valence-corrected chi connectivity index (χ1v) is 7.54. The van der Waals surface area contributed by atoms with Crippen LogP contribution >= 0.6 is 0 Å². The monoisotopic (exact) mass is 286 g/mol. The molecule has 0 atom stereocenters. The fraction of sp³-hybridized carbons (Fsp3) is 0.529. The lowest BCUT2D eigenvalue weighted by Crippen LogP contribution is -2.31. The van der Waals surface area contributed by atoms with Crippen molar-refractivity contribution >= 4 is 5.91 Å². The maximum Gasteiger partial charge on any atom is 0.271 e. The van der Waals surface area contributed by atoms with E-state index >= 15 is 0 Å². The molecule has 0 spiro atoms. The number of nitrogens with zero attached hydrogens (tertiary/aromatic N) is 1. The van der Waals surface area contributed by atoms with E-state index in [4.69, 9.17) is 5.11 Å². The van der Waals surface area contributed by atoms with Crippen molar-refractivity contribution in [2.45, 2.75) is 39.0 Å². The molecule has 0 bridgehead atoms.